The molecule has 0 saturated carbocycles. The normalized spacial score (nSPS) is 24.9. The van der Waals surface area contributed by atoms with E-state index in [4.69, 9.17) is 17.0 Å². The summed E-state index contributed by atoms with van der Waals surface area (Å²) in [6.45, 7) is 6.21. The molecule has 0 amide bonds. The van der Waals surface area contributed by atoms with Gasteiger partial charge in [0.25, 0.3) is 0 Å². The lowest BCUT2D eigenvalue weighted by atomic mass is 9.90. The van der Waals surface area contributed by atoms with Crippen LogP contribution in [0.3, 0.4) is 0 Å². The van der Waals surface area contributed by atoms with Gasteiger partial charge in [-0.25, -0.2) is 4.39 Å². The Balaban J connectivity index is 1.80. The minimum absolute atomic E-state index is 0.0373. The van der Waals surface area contributed by atoms with Gasteiger partial charge in [-0.15, -0.1) is 0 Å². The number of nitrogens with one attached hydrogen (secondary N) is 1. The Morgan fingerprint density at radius 3 is 2.75 bits per heavy atom. The molecule has 2 aliphatic rings. The van der Waals surface area contributed by atoms with Crippen LogP contribution >= 0.6 is 12.2 Å². The van der Waals surface area contributed by atoms with E-state index in [1.165, 1.54) is 23.3 Å². The lowest BCUT2D eigenvalue weighted by molar-refractivity contribution is 0.0495. The van der Waals surface area contributed by atoms with Crippen molar-refractivity contribution in [1.29, 1.82) is 0 Å². The number of thiocarbonyl (C=S) groups is 1. The molecule has 2 heterocycles. The van der Waals surface area contributed by atoms with E-state index in [2.05, 4.69) is 37.4 Å². The summed E-state index contributed by atoms with van der Waals surface area (Å²) in [4.78, 5) is 2.03. The molecule has 0 spiro atoms. The average molecular weight is 342 g/mol. The molecule has 1 saturated heterocycles. The summed E-state index contributed by atoms with van der Waals surface area (Å²) in [5.74, 6) is 0.448. The molecule has 0 aromatic heterocycles. The van der Waals surface area contributed by atoms with Crippen molar-refractivity contribution in [3.63, 3.8) is 0 Å². The van der Waals surface area contributed by atoms with Crippen molar-refractivity contribution in [2.75, 3.05) is 4.90 Å². The molecule has 24 heavy (non-hydrogen) atoms. The van der Waals surface area contributed by atoms with Crippen LogP contribution in [0.25, 0.3) is 0 Å². The summed E-state index contributed by atoms with van der Waals surface area (Å²) in [6.07, 6.45) is 0.691. The first-order chi connectivity index (χ1) is 11.4. The summed E-state index contributed by atoms with van der Waals surface area (Å²) in [5, 5.41) is 3.95. The molecule has 0 aliphatic carbocycles. The number of hydrogen-bond donors (Lipinski definition) is 1. The molecule has 2 aromatic carbocycles. The molecule has 0 radical (unpaired) electrons. The number of aryl methyl sites for hydroxylation is 2. The van der Waals surface area contributed by atoms with Crippen molar-refractivity contribution < 1.29 is 9.13 Å². The molecule has 0 unspecified atom stereocenters. The molecular formula is C19H19FN2OS. The number of benzene rings is 2. The second kappa shape index (κ2) is 5.18. The number of nitrogens with zero attached hydrogens (tertiary/aromatic N) is 1. The summed E-state index contributed by atoms with van der Waals surface area (Å²) in [6, 6.07) is 10.9. The first kappa shape index (κ1) is 15.4. The Morgan fingerprint density at radius 2 is 2.00 bits per heavy atom. The fourth-order valence-electron chi connectivity index (χ4n) is 3.60. The maximum atomic E-state index is 13.6. The molecule has 2 atom stereocenters. The van der Waals surface area contributed by atoms with Crippen molar-refractivity contribution >= 4 is 23.0 Å². The maximum absolute atomic E-state index is 13.6. The highest BCUT2D eigenvalue weighted by atomic mass is 32.1. The number of ether oxygens (including phenoxy) is 1. The van der Waals surface area contributed by atoms with E-state index in [1.807, 2.05) is 11.8 Å². The van der Waals surface area contributed by atoms with Gasteiger partial charge >= 0.3 is 0 Å². The van der Waals surface area contributed by atoms with Crippen LogP contribution in [-0.4, -0.2) is 10.8 Å². The van der Waals surface area contributed by atoms with E-state index < -0.39 is 5.72 Å². The lowest BCUT2D eigenvalue weighted by Gasteiger charge is -2.52. The minimum atomic E-state index is -0.598. The molecule has 1 fully saturated rings. The monoisotopic (exact) mass is 342 g/mol. The largest absolute Gasteiger partial charge is 0.467 e. The molecule has 2 aromatic rings. The molecule has 5 heteroatoms. The molecule has 1 N–H and O–H groups in total. The van der Waals surface area contributed by atoms with Gasteiger partial charge in [-0.05, 0) is 74.4 Å². The zero-order valence-electron chi connectivity index (χ0n) is 13.9. The quantitative estimate of drug-likeness (QED) is 0.778. The van der Waals surface area contributed by atoms with Crippen LogP contribution in [0.2, 0.25) is 0 Å². The van der Waals surface area contributed by atoms with Gasteiger partial charge in [-0.1, -0.05) is 6.07 Å². The Hall–Kier alpha value is -2.14. The van der Waals surface area contributed by atoms with E-state index in [9.17, 15) is 4.39 Å². The Labute approximate surface area is 146 Å². The Bertz CT molecular complexity index is 853. The minimum Gasteiger partial charge on any atom is -0.467 e. The fraction of sp³-hybridized carbons (Fsp3) is 0.316. The van der Waals surface area contributed by atoms with Gasteiger partial charge in [-0.3, -0.25) is 4.90 Å². The van der Waals surface area contributed by atoms with Crippen molar-refractivity contribution in [2.24, 2.45) is 0 Å². The molecule has 2 aliphatic heterocycles. The van der Waals surface area contributed by atoms with Gasteiger partial charge in [0.2, 0.25) is 0 Å². The summed E-state index contributed by atoms with van der Waals surface area (Å²) in [5.41, 5.74) is 3.68. The van der Waals surface area contributed by atoms with E-state index in [-0.39, 0.29) is 11.9 Å². The van der Waals surface area contributed by atoms with Crippen LogP contribution in [0.5, 0.6) is 5.75 Å². The second-order valence-electron chi connectivity index (χ2n) is 6.77. The van der Waals surface area contributed by atoms with Crippen LogP contribution in [-0.2, 0) is 0 Å². The SMILES string of the molecule is Cc1ccc(N2C(=S)N[C@@H]3C[C@]2(C)Oc2ccc(F)cc23)cc1C. The van der Waals surface area contributed by atoms with Crippen molar-refractivity contribution in [3.05, 3.63) is 58.9 Å². The topological polar surface area (TPSA) is 24.5 Å². The predicted octanol–water partition coefficient (Wildman–Crippen LogP) is 4.38. The number of fused-ring (bicyclic) bond motifs is 4. The first-order valence-electron chi connectivity index (χ1n) is 8.04. The Morgan fingerprint density at radius 1 is 1.21 bits per heavy atom. The highest BCUT2D eigenvalue weighted by Gasteiger charge is 2.48. The van der Waals surface area contributed by atoms with E-state index in [0.717, 1.165) is 11.3 Å². The van der Waals surface area contributed by atoms with Crippen molar-refractivity contribution in [1.82, 2.24) is 5.32 Å². The average Bonchev–Trinajstić information content (AvgIpc) is 2.51. The fourth-order valence-corrected chi connectivity index (χ4v) is 4.04. The van der Waals surface area contributed by atoms with Crippen LogP contribution in [0.15, 0.2) is 36.4 Å². The number of hydrogen-bond acceptors (Lipinski definition) is 2. The van der Waals surface area contributed by atoms with Crippen LogP contribution in [0.1, 0.15) is 36.1 Å². The third-order valence-electron chi connectivity index (χ3n) is 4.98. The smallest absolute Gasteiger partial charge is 0.188 e. The summed E-state index contributed by atoms with van der Waals surface area (Å²) in [7, 11) is 0. The second-order valence-corrected chi connectivity index (χ2v) is 7.16. The molecule has 2 bridgehead atoms. The Kier molecular flexibility index (Phi) is 3.32. The molecule has 3 nitrogen and oxygen atoms in total. The maximum Gasteiger partial charge on any atom is 0.188 e. The standard InChI is InChI=1S/C19H19FN2OS/c1-11-4-6-14(8-12(11)2)22-18(24)21-16-10-19(22,3)23-17-7-5-13(20)9-15(16)17/h4-9,16H,10H2,1-3H3,(H,21,24)/t16-,19+/m1/s1. The van der Waals surface area contributed by atoms with Gasteiger partial charge < -0.3 is 10.1 Å². The molecular weight excluding hydrogens is 323 g/mol. The van der Waals surface area contributed by atoms with Gasteiger partial charge in [0.1, 0.15) is 11.6 Å². The number of halogens is 1. The van der Waals surface area contributed by atoms with E-state index >= 15 is 0 Å². The van der Waals surface area contributed by atoms with Crippen molar-refractivity contribution in [3.8, 4) is 5.75 Å². The lowest BCUT2D eigenvalue weighted by Crippen LogP contribution is -2.65. The van der Waals surface area contributed by atoms with Gasteiger partial charge in [0.15, 0.2) is 10.8 Å². The van der Waals surface area contributed by atoms with Gasteiger partial charge in [0, 0.05) is 17.7 Å². The van der Waals surface area contributed by atoms with E-state index in [1.54, 1.807) is 6.07 Å². The third-order valence-corrected chi connectivity index (χ3v) is 5.28. The van der Waals surface area contributed by atoms with Crippen LogP contribution in [0, 0.1) is 19.7 Å². The first-order valence-corrected chi connectivity index (χ1v) is 8.45. The summed E-state index contributed by atoms with van der Waals surface area (Å²) >= 11 is 5.61. The van der Waals surface area contributed by atoms with Gasteiger partial charge in [0.05, 0.1) is 6.04 Å². The third kappa shape index (κ3) is 2.26. The van der Waals surface area contributed by atoms with Crippen LogP contribution < -0.4 is 15.0 Å². The van der Waals surface area contributed by atoms with Crippen LogP contribution in [0.4, 0.5) is 10.1 Å². The van der Waals surface area contributed by atoms with E-state index in [0.29, 0.717) is 17.3 Å². The highest BCUT2D eigenvalue weighted by Crippen LogP contribution is 2.45. The molecule has 4 rings (SSSR count). The zero-order valence-corrected chi connectivity index (χ0v) is 14.7. The summed E-state index contributed by atoms with van der Waals surface area (Å²) < 4.78 is 19.9. The number of rotatable bonds is 1. The zero-order chi connectivity index (χ0) is 17.1. The number of anilines is 1. The highest BCUT2D eigenvalue weighted by molar-refractivity contribution is 7.80. The predicted molar refractivity (Wildman–Crippen MR) is 96.9 cm³/mol. The molecule has 124 valence electrons. The van der Waals surface area contributed by atoms with Crippen molar-refractivity contribution in [2.45, 2.75) is 39.0 Å². The van der Waals surface area contributed by atoms with Gasteiger partial charge in [-0.2, -0.15) is 0 Å².